The first-order valence-electron chi connectivity index (χ1n) is 8.16. The van der Waals surface area contributed by atoms with Gasteiger partial charge in [0.05, 0.1) is 12.5 Å². The number of cyclic esters (lactones) is 3. The molecule has 0 spiro atoms. The van der Waals surface area contributed by atoms with Crippen LogP contribution in [0.4, 0.5) is 0 Å². The number of benzene rings is 1. The highest BCUT2D eigenvalue weighted by molar-refractivity contribution is 6.15. The normalized spacial score (nSPS) is 24.2. The first-order chi connectivity index (χ1) is 12.6. The standard InChI is InChI=1S/C19H18O8/c1-18(2)24-12(10-14(21)25-18)9-13(20)15-16(22)26-19(3,27-17(15)23)11-7-5-4-6-8-11/h4-8,10,20H,9H2,1-3H3. The van der Waals surface area contributed by atoms with Crippen molar-refractivity contribution in [1.29, 1.82) is 0 Å². The molecule has 0 atom stereocenters. The number of hydrogen-bond acceptors (Lipinski definition) is 8. The fourth-order valence-electron chi connectivity index (χ4n) is 2.76. The predicted octanol–water partition coefficient (Wildman–Crippen LogP) is 2.35. The Morgan fingerprint density at radius 2 is 1.52 bits per heavy atom. The van der Waals surface area contributed by atoms with Gasteiger partial charge in [-0.1, -0.05) is 30.3 Å². The van der Waals surface area contributed by atoms with Gasteiger partial charge < -0.3 is 24.1 Å². The summed E-state index contributed by atoms with van der Waals surface area (Å²) in [5.41, 5.74) is -0.183. The van der Waals surface area contributed by atoms with Crippen molar-refractivity contribution in [2.45, 2.75) is 38.8 Å². The van der Waals surface area contributed by atoms with Gasteiger partial charge in [-0.2, -0.15) is 0 Å². The number of ether oxygens (including phenoxy) is 4. The van der Waals surface area contributed by atoms with Crippen molar-refractivity contribution in [3.63, 3.8) is 0 Å². The number of aliphatic hydroxyl groups excluding tert-OH is 1. The lowest BCUT2D eigenvalue weighted by atomic mass is 10.0. The van der Waals surface area contributed by atoms with E-state index in [0.717, 1.165) is 6.08 Å². The zero-order valence-electron chi connectivity index (χ0n) is 15.0. The van der Waals surface area contributed by atoms with Gasteiger partial charge in [-0.25, -0.2) is 14.4 Å². The fourth-order valence-corrected chi connectivity index (χ4v) is 2.76. The topological polar surface area (TPSA) is 108 Å². The first-order valence-corrected chi connectivity index (χ1v) is 8.16. The van der Waals surface area contributed by atoms with Crippen LogP contribution < -0.4 is 0 Å². The van der Waals surface area contributed by atoms with Crippen LogP contribution in [0.3, 0.4) is 0 Å². The minimum atomic E-state index is -1.61. The van der Waals surface area contributed by atoms with Crippen LogP contribution in [-0.4, -0.2) is 28.8 Å². The smallest absolute Gasteiger partial charge is 0.352 e. The molecular formula is C19H18O8. The van der Waals surface area contributed by atoms with Gasteiger partial charge in [0.2, 0.25) is 5.79 Å². The van der Waals surface area contributed by atoms with Crippen molar-refractivity contribution in [1.82, 2.24) is 0 Å². The van der Waals surface area contributed by atoms with Crippen molar-refractivity contribution >= 4 is 17.9 Å². The van der Waals surface area contributed by atoms with E-state index >= 15 is 0 Å². The second-order valence-corrected chi connectivity index (χ2v) is 6.62. The van der Waals surface area contributed by atoms with Crippen LogP contribution in [0.15, 0.2) is 53.5 Å². The van der Waals surface area contributed by atoms with Gasteiger partial charge >= 0.3 is 17.9 Å². The molecule has 0 aliphatic carbocycles. The van der Waals surface area contributed by atoms with E-state index in [9.17, 15) is 19.5 Å². The van der Waals surface area contributed by atoms with E-state index < -0.39 is 40.8 Å². The highest BCUT2D eigenvalue weighted by Gasteiger charge is 2.45. The highest BCUT2D eigenvalue weighted by Crippen LogP contribution is 2.35. The Labute approximate surface area is 155 Å². The number of carbonyl (C=O) groups is 3. The van der Waals surface area contributed by atoms with Crippen molar-refractivity contribution in [3.8, 4) is 0 Å². The molecule has 0 aromatic heterocycles. The molecule has 8 heteroatoms. The van der Waals surface area contributed by atoms with Crippen LogP contribution in [0.2, 0.25) is 0 Å². The molecule has 2 aliphatic heterocycles. The molecule has 0 amide bonds. The second kappa shape index (κ2) is 6.46. The zero-order chi connectivity index (χ0) is 19.8. The van der Waals surface area contributed by atoms with Crippen LogP contribution in [-0.2, 0) is 39.1 Å². The molecule has 8 nitrogen and oxygen atoms in total. The van der Waals surface area contributed by atoms with Gasteiger partial charge in [-0.05, 0) is 0 Å². The van der Waals surface area contributed by atoms with Crippen LogP contribution in [0.1, 0.15) is 32.8 Å². The minimum Gasteiger partial charge on any atom is -0.511 e. The lowest BCUT2D eigenvalue weighted by Gasteiger charge is -2.34. The molecule has 1 aromatic carbocycles. The molecule has 2 aliphatic rings. The van der Waals surface area contributed by atoms with E-state index in [4.69, 9.17) is 18.9 Å². The van der Waals surface area contributed by atoms with E-state index in [-0.39, 0.29) is 12.2 Å². The van der Waals surface area contributed by atoms with Crippen LogP contribution >= 0.6 is 0 Å². The van der Waals surface area contributed by atoms with Crippen molar-refractivity contribution in [3.05, 3.63) is 59.1 Å². The molecule has 3 rings (SSSR count). The molecule has 0 bridgehead atoms. The minimum absolute atomic E-state index is 0.0400. The largest absolute Gasteiger partial charge is 0.511 e. The number of carbonyl (C=O) groups excluding carboxylic acids is 3. The summed E-state index contributed by atoms with van der Waals surface area (Å²) in [5.74, 6) is -6.15. The Balaban J connectivity index is 1.84. The fraction of sp³-hybridized carbons (Fsp3) is 0.316. The average Bonchev–Trinajstić information content (AvgIpc) is 2.52. The average molecular weight is 374 g/mol. The third-order valence-electron chi connectivity index (χ3n) is 3.91. The third kappa shape index (κ3) is 3.79. The molecule has 0 radical (unpaired) electrons. The number of hydrogen-bond donors (Lipinski definition) is 1. The molecule has 1 saturated heterocycles. The molecule has 142 valence electrons. The van der Waals surface area contributed by atoms with E-state index in [1.165, 1.54) is 20.8 Å². The maximum absolute atomic E-state index is 12.4. The number of aliphatic hydroxyl groups is 1. The van der Waals surface area contributed by atoms with Crippen molar-refractivity contribution < 1.29 is 38.4 Å². The maximum Gasteiger partial charge on any atom is 0.352 e. The van der Waals surface area contributed by atoms with Crippen LogP contribution in [0, 0.1) is 0 Å². The van der Waals surface area contributed by atoms with Gasteiger partial charge in [0.25, 0.3) is 5.79 Å². The van der Waals surface area contributed by atoms with Crippen LogP contribution in [0.5, 0.6) is 0 Å². The molecule has 1 fully saturated rings. The van der Waals surface area contributed by atoms with Crippen molar-refractivity contribution in [2.75, 3.05) is 0 Å². The van der Waals surface area contributed by atoms with Gasteiger partial charge in [0.15, 0.2) is 5.57 Å². The Kier molecular flexibility index (Phi) is 4.43. The number of esters is 3. The van der Waals surface area contributed by atoms with Gasteiger partial charge in [0, 0.05) is 26.3 Å². The quantitative estimate of drug-likeness (QED) is 0.372. The molecular weight excluding hydrogens is 356 g/mol. The van der Waals surface area contributed by atoms with Crippen molar-refractivity contribution in [2.24, 2.45) is 0 Å². The zero-order valence-corrected chi connectivity index (χ0v) is 15.0. The summed E-state index contributed by atoms with van der Waals surface area (Å²) in [7, 11) is 0. The summed E-state index contributed by atoms with van der Waals surface area (Å²) in [6, 6.07) is 8.46. The Morgan fingerprint density at radius 1 is 0.926 bits per heavy atom. The van der Waals surface area contributed by atoms with E-state index in [1.807, 2.05) is 0 Å². The monoisotopic (exact) mass is 374 g/mol. The summed E-state index contributed by atoms with van der Waals surface area (Å²) in [5, 5.41) is 10.3. The molecule has 0 saturated carbocycles. The van der Waals surface area contributed by atoms with Gasteiger partial charge in [-0.15, -0.1) is 0 Å². The first kappa shape index (κ1) is 18.5. The molecule has 2 heterocycles. The SMILES string of the molecule is CC1(C)OC(=O)C=C(CC(O)=C2C(=O)OC(C)(c3ccccc3)OC2=O)O1. The van der Waals surface area contributed by atoms with E-state index in [0.29, 0.717) is 5.56 Å². The Hall–Kier alpha value is -3.29. The Morgan fingerprint density at radius 3 is 2.07 bits per heavy atom. The Bertz CT molecular complexity index is 843. The lowest BCUT2D eigenvalue weighted by molar-refractivity contribution is -0.234. The molecule has 1 N–H and O–H groups in total. The number of rotatable bonds is 3. The second-order valence-electron chi connectivity index (χ2n) is 6.62. The van der Waals surface area contributed by atoms with Gasteiger partial charge in [0.1, 0.15) is 11.5 Å². The van der Waals surface area contributed by atoms with Crippen LogP contribution in [0.25, 0.3) is 0 Å². The molecule has 1 aromatic rings. The molecule has 27 heavy (non-hydrogen) atoms. The summed E-state index contributed by atoms with van der Waals surface area (Å²) in [6.07, 6.45) is 0.649. The van der Waals surface area contributed by atoms with Gasteiger partial charge in [-0.3, -0.25) is 0 Å². The lowest BCUT2D eigenvalue weighted by Crippen LogP contribution is -2.42. The maximum atomic E-state index is 12.4. The summed E-state index contributed by atoms with van der Waals surface area (Å²) in [6.45, 7) is 4.45. The summed E-state index contributed by atoms with van der Waals surface area (Å²) < 4.78 is 20.9. The third-order valence-corrected chi connectivity index (χ3v) is 3.91. The summed E-state index contributed by atoms with van der Waals surface area (Å²) >= 11 is 0. The van der Waals surface area contributed by atoms with E-state index in [2.05, 4.69) is 0 Å². The predicted molar refractivity (Wildman–Crippen MR) is 89.6 cm³/mol. The summed E-state index contributed by atoms with van der Waals surface area (Å²) in [4.78, 5) is 36.3. The highest BCUT2D eigenvalue weighted by atomic mass is 16.7. The van der Waals surface area contributed by atoms with E-state index in [1.54, 1.807) is 30.3 Å². The molecule has 0 unspecified atom stereocenters.